The molecule has 792 valence electrons. The van der Waals surface area contributed by atoms with E-state index < -0.39 is 5.97 Å². The molecule has 16 amide bonds. The largest absolute Gasteiger partial charge is 1.00 e. The van der Waals surface area contributed by atoms with Crippen LogP contribution in [0.25, 0.3) is 0 Å². The Morgan fingerprint density at radius 3 is 0.919 bits per heavy atom. The smallest absolute Gasteiger partial charge is 0.415 e. The predicted molar refractivity (Wildman–Crippen MR) is 536 cm³/mol. The molecule has 135 heavy (non-hydrogen) atoms. The fourth-order valence-electron chi connectivity index (χ4n) is 9.11. The summed E-state index contributed by atoms with van der Waals surface area (Å²) < 4.78 is 26.0. The Morgan fingerprint density at radius 1 is 0.363 bits per heavy atom. The molecule has 8 heterocycles. The summed E-state index contributed by atoms with van der Waals surface area (Å²) in [5.74, 6) is -4.69. The number of aryl methyl sites for hydroxylation is 2. The maximum atomic E-state index is 11.7. The van der Waals surface area contributed by atoms with E-state index in [0.717, 1.165) is 75.9 Å². The van der Waals surface area contributed by atoms with E-state index in [2.05, 4.69) is 26.7 Å². The minimum absolute atomic E-state index is 0. The number of hydrogen-bond donors (Lipinski definition) is 2. The van der Waals surface area contributed by atoms with Crippen molar-refractivity contribution in [1.82, 2.24) is 59.0 Å². The Morgan fingerprint density at radius 2 is 0.652 bits per heavy atom. The Hall–Kier alpha value is -10.7. The predicted octanol–water partition coefficient (Wildman–Crippen LogP) is 7.52. The van der Waals surface area contributed by atoms with Gasteiger partial charge in [0.1, 0.15) is 30.6 Å². The summed E-state index contributed by atoms with van der Waals surface area (Å²) >= 11 is 0. The van der Waals surface area contributed by atoms with Gasteiger partial charge < -0.3 is 87.3 Å². The molecule has 0 bridgehead atoms. The number of imide groups is 6. The van der Waals surface area contributed by atoms with Gasteiger partial charge in [0.05, 0.1) is 53.5 Å². The van der Waals surface area contributed by atoms with E-state index in [0.29, 0.717) is 72.2 Å². The van der Waals surface area contributed by atoms with Crippen molar-refractivity contribution < 1.29 is 167 Å². The molecule has 8 rings (SSSR count). The number of nitrogens with zero attached hydrogens (tertiary/aromatic N) is 12. The lowest BCUT2D eigenvalue weighted by Gasteiger charge is -2.14. The highest BCUT2D eigenvalue weighted by molar-refractivity contribution is 6.16. The number of halogens is 2. The van der Waals surface area contributed by atoms with E-state index in [4.69, 9.17) is 9.47 Å². The maximum absolute atomic E-state index is 11.7. The summed E-state index contributed by atoms with van der Waals surface area (Å²) in [6, 6.07) is 0.0312. The topological polar surface area (TPSA) is 429 Å². The molecular formula is C96H186I2N14O23. The zero-order chi connectivity index (χ0) is 87.0. The molecule has 39 heteroatoms. The van der Waals surface area contributed by atoms with Crippen molar-refractivity contribution >= 4 is 112 Å². The van der Waals surface area contributed by atoms with Crippen LogP contribution in [0.1, 0.15) is 261 Å². The van der Waals surface area contributed by atoms with E-state index in [9.17, 15) is 91.1 Å². The second-order valence-corrected chi connectivity index (χ2v) is 24.1. The lowest BCUT2D eigenvalue weighted by molar-refractivity contribution is -0.670. The number of imidazole rings is 2. The number of rotatable bonds is 33. The molecule has 2 aromatic heterocycles. The number of hydrogen-bond acceptors (Lipinski definition) is 23. The van der Waals surface area contributed by atoms with Gasteiger partial charge in [-0.15, -0.1) is 0 Å². The van der Waals surface area contributed by atoms with Crippen molar-refractivity contribution in [3.05, 3.63) is 123 Å². The molecule has 6 aliphatic heterocycles. The Labute approximate surface area is 849 Å². The molecule has 0 saturated heterocycles. The number of ether oxygens (including phenoxy) is 4. The second-order valence-electron chi connectivity index (χ2n) is 24.1. The van der Waals surface area contributed by atoms with Gasteiger partial charge in [-0.3, -0.25) is 106 Å². The molecule has 37 nitrogen and oxygen atoms in total. The van der Waals surface area contributed by atoms with Crippen LogP contribution in [-0.2, 0) is 115 Å². The molecule has 0 fully saturated rings. The van der Waals surface area contributed by atoms with E-state index in [-0.39, 0.29) is 340 Å². The summed E-state index contributed by atoms with van der Waals surface area (Å²) in [5.41, 5.74) is 0. The average molecular weight is 2160 g/mol. The minimum atomic E-state index is -0.403. The van der Waals surface area contributed by atoms with Crippen LogP contribution in [0, 0.1) is 0 Å². The molecular weight excluding hydrogens is 1970 g/mol. The first kappa shape index (κ1) is 177. The van der Waals surface area contributed by atoms with Crippen molar-refractivity contribution in [1.29, 1.82) is 0 Å². The van der Waals surface area contributed by atoms with Gasteiger partial charge in [-0.05, 0) is 61.3 Å². The maximum Gasteiger partial charge on any atom is 0.415 e. The van der Waals surface area contributed by atoms with Crippen LogP contribution < -0.4 is 67.7 Å². The first-order valence-electron chi connectivity index (χ1n) is 37.7. The highest BCUT2D eigenvalue weighted by atomic mass is 127. The van der Waals surface area contributed by atoms with Crippen LogP contribution in [0.4, 0.5) is 9.59 Å². The molecule has 2 N–H and O–H groups in total. The molecule has 0 atom stereocenters. The van der Waals surface area contributed by atoms with Crippen molar-refractivity contribution in [2.24, 2.45) is 14.1 Å². The second kappa shape index (κ2) is 104. The average Bonchev–Trinajstić information content (AvgIpc) is 1.72. The molecule has 0 spiro atoms. The number of aromatic nitrogens is 4. The number of carbonyl (C=O) groups is 19. The number of nitrogens with one attached hydrogen (secondary N) is 2. The van der Waals surface area contributed by atoms with Crippen LogP contribution in [0.3, 0.4) is 0 Å². The van der Waals surface area contributed by atoms with Crippen LogP contribution in [-0.4, -0.2) is 279 Å². The Kier molecular flexibility index (Phi) is 136. The summed E-state index contributed by atoms with van der Waals surface area (Å²) in [4.78, 5) is 220. The van der Waals surface area contributed by atoms with Gasteiger partial charge in [0, 0.05) is 190 Å². The zero-order valence-corrected chi connectivity index (χ0v) is 73.4. The first-order valence-corrected chi connectivity index (χ1v) is 37.7. The quantitative estimate of drug-likeness (QED) is 0.0174. The van der Waals surface area contributed by atoms with Gasteiger partial charge in [-0.25, -0.2) is 23.5 Å². The molecule has 2 aromatic rings. The number of esters is 2. The molecule has 6 aliphatic rings. The summed E-state index contributed by atoms with van der Waals surface area (Å²) in [6.07, 6.45) is 31.6. The summed E-state index contributed by atoms with van der Waals surface area (Å²) in [5, 5.41) is 5.37. The van der Waals surface area contributed by atoms with E-state index in [1.807, 2.05) is 84.1 Å². The van der Waals surface area contributed by atoms with Crippen molar-refractivity contribution in [2.45, 2.75) is 261 Å². The minimum Gasteiger partial charge on any atom is -1.00 e. The van der Waals surface area contributed by atoms with Gasteiger partial charge >= 0.3 is 24.0 Å². The monoisotopic (exact) mass is 2160 g/mol. The third kappa shape index (κ3) is 73.3. The summed E-state index contributed by atoms with van der Waals surface area (Å²) in [7, 11) is 5.56. The van der Waals surface area contributed by atoms with Gasteiger partial charge in [-0.2, -0.15) is 9.13 Å². The number of ketones is 1. The zero-order valence-electron chi connectivity index (χ0n) is 69.1. The van der Waals surface area contributed by atoms with Gasteiger partial charge in [0.2, 0.25) is 11.8 Å². The first-order chi connectivity index (χ1) is 54.7. The Balaban J connectivity index is -0.0000000563. The molecule has 0 aliphatic carbocycles. The normalized spacial score (nSPS) is 11.7. The van der Waals surface area contributed by atoms with E-state index in [1.54, 1.807) is 71.8 Å². The van der Waals surface area contributed by atoms with Crippen molar-refractivity contribution in [3.63, 3.8) is 0 Å². The lowest BCUT2D eigenvalue weighted by atomic mass is 10.2. The third-order valence-electron chi connectivity index (χ3n) is 15.7. The molecule has 0 aromatic carbocycles. The lowest BCUT2D eigenvalue weighted by Crippen LogP contribution is -3.00. The van der Waals surface area contributed by atoms with Crippen molar-refractivity contribution in [3.8, 4) is 0 Å². The summed E-state index contributed by atoms with van der Waals surface area (Å²) in [6.45, 7) is 29.7. The fourth-order valence-corrected chi connectivity index (χ4v) is 9.11. The van der Waals surface area contributed by atoms with Crippen LogP contribution >= 0.6 is 0 Å². The highest BCUT2D eigenvalue weighted by Crippen LogP contribution is 2.10. The SMILES string of the molecule is C.C.C.C.C.C.C.C.C.C.C.C.C.C.C.C.C.C.C=CC(=O)OCC.CCC(=O)CCN1C(=O)C=CC1=O.CCCCN1C(=O)C=CC1=O.CCCCNC(=O)CCN1C(=O)C=CC1=O.CCN(C)C(=O)n1cc[n+](C)c1.CCN(CC)C(=O)n1cc[n+](C)c1.CCOC(=O)CCN1C(=O)C=CC1=O.CCOCCN1C(=O)C=CC1=O.CCOCCNC(=O)CCN1C(=O)C=CC1=O.[I-].[I-]. The van der Waals surface area contributed by atoms with E-state index >= 15 is 0 Å². The van der Waals surface area contributed by atoms with Crippen molar-refractivity contribution in [2.75, 3.05) is 119 Å². The third-order valence-corrected chi connectivity index (χ3v) is 15.7. The number of Topliss-reactive ketones (excluding diaryl/α,β-unsaturated/α-hetero) is 1. The number of unbranched alkanes of at least 4 members (excludes halogenated alkanes) is 2. The molecule has 0 radical (unpaired) electrons. The highest BCUT2D eigenvalue weighted by Gasteiger charge is 2.28. The van der Waals surface area contributed by atoms with Crippen LogP contribution in [0.2, 0.25) is 0 Å². The molecule has 0 saturated carbocycles. The van der Waals surface area contributed by atoms with E-state index in [1.165, 1.54) is 77.8 Å². The Bertz CT molecular complexity index is 3740. The fraction of sp³-hybridized carbons (Fsp3) is 0.594. The van der Waals surface area contributed by atoms with Crippen LogP contribution in [0.5, 0.6) is 0 Å². The number of amides is 16. The van der Waals surface area contributed by atoms with Gasteiger partial charge in [0.15, 0.2) is 0 Å². The standard InChI is InChI=1S/C11H16N2O4.C11H16N2O3.C9H16N3O.C9H11NO4.C9H11NO3.C8H14N3O.C8H11NO3.C8H11NO2.C5H8O2.18CH4.2HI/c1-2-17-8-6-12-9(14)5-7-13-10(15)3-4-11(13)16;1-2-3-7-12-9(14)6-8-13-10(15)4-5-11(13)16;1-4-11(5-2)9(13)12-7-6-10(3)8-12;1-2-14-9(13)5-6-10-7(11)3-4-8(10)12;1-2-7(11)5-6-10-8(12)3-4-9(10)13;1-4-10(3)8(12)11-6-5-9(2)7-11;1-2-12-6-5-9-7(10)3-4-8(9)11;1-2-3-6-9-7(10)4-5-8(9)11;1-3-5(6)7-4-2;;;;;;;;;;;;;;;;;;;;/h3-4H,2,5-8H2,1H3,(H,12,14);4-5H,2-3,6-8H2,1H3,(H,12,14);6-8H,4-5H2,1-3H3;3-4H,2,5-6H2,1H3;3-4H,2,5-6H2,1H3;5-7H,4H2,1-3H3;3-4H,2,5-6H2,1H3;4-5H,2-3,6H2,1H3;3H,1,4H2,2H3;18*1H4;2*1H/q;;+1;;;+1;;;;;;;;;;;;;;;;;;;;;;;/p-2. The molecule has 0 unspecified atom stereocenters. The van der Waals surface area contributed by atoms with Gasteiger partial charge in [0.25, 0.3) is 83.5 Å². The number of carbonyl (C=O) groups excluding carboxylic acids is 19. The van der Waals surface area contributed by atoms with Crippen LogP contribution in [0.15, 0.2) is 123 Å². The van der Waals surface area contributed by atoms with Gasteiger partial charge in [-0.1, -0.05) is 174 Å².